The van der Waals surface area contributed by atoms with Crippen molar-refractivity contribution in [3.05, 3.63) is 35.4 Å². The van der Waals surface area contributed by atoms with E-state index in [1.807, 2.05) is 24.3 Å². The molecule has 3 unspecified atom stereocenters. The van der Waals surface area contributed by atoms with Crippen molar-refractivity contribution in [2.75, 3.05) is 13.1 Å². The Morgan fingerprint density at radius 1 is 1.35 bits per heavy atom. The lowest BCUT2D eigenvalue weighted by atomic mass is 9.94. The van der Waals surface area contributed by atoms with Crippen LogP contribution in [-0.4, -0.2) is 34.1 Å². The number of nitrogens with zero attached hydrogens (tertiary/aromatic N) is 1. The molecule has 20 heavy (non-hydrogen) atoms. The molecule has 0 saturated carbocycles. The van der Waals surface area contributed by atoms with E-state index in [0.717, 1.165) is 23.6 Å². The molecule has 1 aromatic carbocycles. The highest BCUT2D eigenvalue weighted by Gasteiger charge is 2.25. The minimum Gasteiger partial charge on any atom is -0.389 e. The molecule has 0 aromatic heterocycles. The molecule has 4 heteroatoms. The van der Waals surface area contributed by atoms with Gasteiger partial charge < -0.3 is 10.8 Å². The molecule has 0 aliphatic carbocycles. The first-order valence-electron chi connectivity index (χ1n) is 7.29. The third-order valence-electron chi connectivity index (χ3n) is 4.23. The number of aliphatic hydroxyl groups excluding tert-OH is 1. The Morgan fingerprint density at radius 2 is 2.00 bits per heavy atom. The van der Waals surface area contributed by atoms with E-state index in [1.54, 1.807) is 0 Å². The first-order chi connectivity index (χ1) is 9.47. The summed E-state index contributed by atoms with van der Waals surface area (Å²) in [5.74, 6) is 0.718. The Morgan fingerprint density at radius 3 is 2.60 bits per heavy atom. The van der Waals surface area contributed by atoms with Crippen molar-refractivity contribution in [1.29, 1.82) is 0 Å². The molecule has 0 amide bonds. The Labute approximate surface area is 126 Å². The van der Waals surface area contributed by atoms with Crippen LogP contribution < -0.4 is 5.73 Å². The van der Waals surface area contributed by atoms with Crippen LogP contribution in [0.1, 0.15) is 43.9 Å². The van der Waals surface area contributed by atoms with Crippen LogP contribution in [0.25, 0.3) is 0 Å². The highest BCUT2D eigenvalue weighted by atomic mass is 32.1. The lowest BCUT2D eigenvalue weighted by molar-refractivity contribution is 0.0568. The topological polar surface area (TPSA) is 49.5 Å². The summed E-state index contributed by atoms with van der Waals surface area (Å²) >= 11 is 4.94. The average Bonchev–Trinajstić information content (AvgIpc) is 2.43. The van der Waals surface area contributed by atoms with Crippen LogP contribution in [0.5, 0.6) is 0 Å². The van der Waals surface area contributed by atoms with Gasteiger partial charge in [0.05, 0.1) is 6.10 Å². The number of benzene rings is 1. The second kappa shape index (κ2) is 6.66. The van der Waals surface area contributed by atoms with Gasteiger partial charge in [-0.15, -0.1) is 0 Å². The summed E-state index contributed by atoms with van der Waals surface area (Å²) in [4.78, 5) is 2.78. The SMILES string of the molecule is CC1CCC(C)N(CC(O)c2ccc(C(N)=S)cc2)C1. The van der Waals surface area contributed by atoms with Crippen LogP contribution in [0.4, 0.5) is 0 Å². The lowest BCUT2D eigenvalue weighted by Gasteiger charge is -2.37. The van der Waals surface area contributed by atoms with Gasteiger partial charge in [-0.25, -0.2) is 0 Å². The van der Waals surface area contributed by atoms with Gasteiger partial charge >= 0.3 is 0 Å². The van der Waals surface area contributed by atoms with Crippen molar-refractivity contribution >= 4 is 17.2 Å². The number of rotatable bonds is 4. The van der Waals surface area contributed by atoms with Crippen LogP contribution in [0.3, 0.4) is 0 Å². The normalized spacial score (nSPS) is 25.4. The maximum atomic E-state index is 10.4. The van der Waals surface area contributed by atoms with Crippen LogP contribution in [0.2, 0.25) is 0 Å². The third kappa shape index (κ3) is 3.78. The number of hydrogen-bond acceptors (Lipinski definition) is 3. The lowest BCUT2D eigenvalue weighted by Crippen LogP contribution is -2.43. The smallest absolute Gasteiger partial charge is 0.103 e. The predicted octanol–water partition coefficient (Wildman–Crippen LogP) is 2.47. The standard InChI is InChI=1S/C16H24N2OS/c1-11-3-4-12(2)18(9-11)10-15(19)13-5-7-14(8-6-13)16(17)20/h5-8,11-12,15,19H,3-4,9-10H2,1-2H3,(H2,17,20). The molecular formula is C16H24N2OS. The maximum absolute atomic E-state index is 10.4. The first kappa shape index (κ1) is 15.4. The van der Waals surface area contributed by atoms with Gasteiger partial charge in [0, 0.05) is 24.7 Å². The zero-order valence-corrected chi connectivity index (χ0v) is 13.1. The Balaban J connectivity index is 2.00. The molecule has 110 valence electrons. The number of thiocarbonyl (C=S) groups is 1. The van der Waals surface area contributed by atoms with Gasteiger partial charge in [0.15, 0.2) is 0 Å². The number of aliphatic hydroxyl groups is 1. The molecule has 3 atom stereocenters. The summed E-state index contributed by atoms with van der Waals surface area (Å²) in [5.41, 5.74) is 7.35. The largest absolute Gasteiger partial charge is 0.389 e. The second-order valence-corrected chi connectivity index (χ2v) is 6.43. The Bertz CT molecular complexity index is 460. The monoisotopic (exact) mass is 292 g/mol. The van der Waals surface area contributed by atoms with Crippen molar-refractivity contribution in [2.45, 2.75) is 38.8 Å². The van der Waals surface area contributed by atoms with Gasteiger partial charge in [-0.3, -0.25) is 4.90 Å². The van der Waals surface area contributed by atoms with Crippen molar-refractivity contribution in [3.8, 4) is 0 Å². The molecular weight excluding hydrogens is 268 g/mol. The zero-order chi connectivity index (χ0) is 14.7. The Kier molecular flexibility index (Phi) is 5.13. The summed E-state index contributed by atoms with van der Waals surface area (Å²) in [6.45, 7) is 6.29. The number of β-amino-alcohol motifs (C(OH)–C–C–N with tert-alkyl or cyclic N) is 1. The summed E-state index contributed by atoms with van der Waals surface area (Å²) in [7, 11) is 0. The first-order valence-corrected chi connectivity index (χ1v) is 7.70. The molecule has 3 nitrogen and oxygen atoms in total. The highest BCUT2D eigenvalue weighted by Crippen LogP contribution is 2.24. The van der Waals surface area contributed by atoms with Gasteiger partial charge in [-0.2, -0.15) is 0 Å². The van der Waals surface area contributed by atoms with E-state index in [2.05, 4.69) is 18.7 Å². The van der Waals surface area contributed by atoms with E-state index < -0.39 is 6.10 Å². The Hall–Kier alpha value is -0.970. The molecule has 1 saturated heterocycles. The summed E-state index contributed by atoms with van der Waals surface area (Å²) < 4.78 is 0. The van der Waals surface area contributed by atoms with Crippen LogP contribution in [0, 0.1) is 5.92 Å². The molecule has 1 aliphatic heterocycles. The minimum absolute atomic E-state index is 0.393. The van der Waals surface area contributed by atoms with Crippen molar-refractivity contribution in [1.82, 2.24) is 4.90 Å². The highest BCUT2D eigenvalue weighted by molar-refractivity contribution is 7.80. The number of piperidine rings is 1. The minimum atomic E-state index is -0.455. The van der Waals surface area contributed by atoms with E-state index in [4.69, 9.17) is 18.0 Å². The number of nitrogens with two attached hydrogens (primary N) is 1. The van der Waals surface area contributed by atoms with E-state index in [9.17, 15) is 5.11 Å². The quantitative estimate of drug-likeness (QED) is 0.837. The van der Waals surface area contributed by atoms with Gasteiger partial charge in [0.1, 0.15) is 4.99 Å². The van der Waals surface area contributed by atoms with Crippen molar-refractivity contribution in [2.24, 2.45) is 11.7 Å². The van der Waals surface area contributed by atoms with Crippen molar-refractivity contribution < 1.29 is 5.11 Å². The fourth-order valence-corrected chi connectivity index (χ4v) is 2.97. The molecule has 3 N–H and O–H groups in total. The molecule has 1 aliphatic rings. The summed E-state index contributed by atoms with van der Waals surface area (Å²) in [6, 6.07) is 8.14. The summed E-state index contributed by atoms with van der Waals surface area (Å²) in [6.07, 6.45) is 2.05. The fraction of sp³-hybridized carbons (Fsp3) is 0.562. The van der Waals surface area contributed by atoms with Gasteiger partial charge in [-0.1, -0.05) is 43.4 Å². The van der Waals surface area contributed by atoms with Crippen LogP contribution >= 0.6 is 12.2 Å². The molecule has 2 rings (SSSR count). The molecule has 1 aromatic rings. The second-order valence-electron chi connectivity index (χ2n) is 5.99. The third-order valence-corrected chi connectivity index (χ3v) is 4.47. The number of hydrogen-bond donors (Lipinski definition) is 2. The molecule has 1 heterocycles. The molecule has 0 radical (unpaired) electrons. The predicted molar refractivity (Wildman–Crippen MR) is 86.7 cm³/mol. The van der Waals surface area contributed by atoms with Gasteiger partial charge in [0.2, 0.25) is 0 Å². The van der Waals surface area contributed by atoms with Crippen LogP contribution in [0.15, 0.2) is 24.3 Å². The molecule has 1 fully saturated rings. The van der Waals surface area contributed by atoms with E-state index in [1.165, 1.54) is 12.8 Å². The van der Waals surface area contributed by atoms with Crippen LogP contribution in [-0.2, 0) is 0 Å². The number of likely N-dealkylation sites (tertiary alicyclic amines) is 1. The average molecular weight is 292 g/mol. The fourth-order valence-electron chi connectivity index (χ4n) is 2.83. The van der Waals surface area contributed by atoms with Gasteiger partial charge in [-0.05, 0) is 31.2 Å². The molecule has 0 spiro atoms. The van der Waals surface area contributed by atoms with E-state index >= 15 is 0 Å². The van der Waals surface area contributed by atoms with Crippen molar-refractivity contribution in [3.63, 3.8) is 0 Å². The zero-order valence-electron chi connectivity index (χ0n) is 12.2. The van der Waals surface area contributed by atoms with Gasteiger partial charge in [0.25, 0.3) is 0 Å². The van der Waals surface area contributed by atoms with E-state index in [-0.39, 0.29) is 0 Å². The maximum Gasteiger partial charge on any atom is 0.103 e. The summed E-state index contributed by atoms with van der Waals surface area (Å²) in [5, 5.41) is 10.4. The van der Waals surface area contributed by atoms with E-state index in [0.29, 0.717) is 17.6 Å². The molecule has 0 bridgehead atoms.